The number of nitrogens with zero attached hydrogens (tertiary/aromatic N) is 1. The summed E-state index contributed by atoms with van der Waals surface area (Å²) in [5, 5.41) is 17.8. The maximum Gasteiger partial charge on any atom is 0.0431 e. The lowest BCUT2D eigenvalue weighted by atomic mass is 10.1. The molecule has 38 heavy (non-hydrogen) atoms. The van der Waals surface area contributed by atoms with E-state index in [0.29, 0.717) is 13.2 Å². The van der Waals surface area contributed by atoms with E-state index in [2.05, 4.69) is 11.8 Å². The predicted molar refractivity (Wildman–Crippen MR) is 170 cm³/mol. The third-order valence-corrected chi connectivity index (χ3v) is 8.34. The average molecular weight is 540 g/mol. The lowest BCUT2D eigenvalue weighted by Crippen LogP contribution is -2.27. The van der Waals surface area contributed by atoms with Crippen LogP contribution in [0.25, 0.3) is 0 Å². The Kier molecular flexibility index (Phi) is 34.8. The first-order chi connectivity index (χ1) is 18.8. The summed E-state index contributed by atoms with van der Waals surface area (Å²) in [4.78, 5) is 2.80. The summed E-state index contributed by atoms with van der Waals surface area (Å²) < 4.78 is 0. The molecule has 230 valence electrons. The van der Waals surface area contributed by atoms with Crippen molar-refractivity contribution in [3.63, 3.8) is 0 Å². The van der Waals surface area contributed by atoms with E-state index in [-0.39, 0.29) is 0 Å². The standard InChI is InChI=1S/C35H73NO2/c1-2-3-4-5-6-7-8-11-16-21-26-31-36(32-27-22-17-12-9-14-19-24-29-34-37)33-28-23-18-13-10-15-20-25-30-35-38/h37-38H,2-35H2,1H3. The molecule has 0 bridgehead atoms. The highest BCUT2D eigenvalue weighted by atomic mass is 16.3. The van der Waals surface area contributed by atoms with Crippen LogP contribution in [0.2, 0.25) is 0 Å². The first kappa shape index (κ1) is 37.9. The number of hydrogen-bond acceptors (Lipinski definition) is 3. The van der Waals surface area contributed by atoms with Crippen LogP contribution in [0.15, 0.2) is 0 Å². The number of aliphatic hydroxyl groups is 2. The summed E-state index contributed by atoms with van der Waals surface area (Å²) >= 11 is 0. The van der Waals surface area contributed by atoms with Crippen molar-refractivity contribution in [2.24, 2.45) is 0 Å². The molecule has 0 radical (unpaired) electrons. The molecule has 3 nitrogen and oxygen atoms in total. The molecule has 3 heteroatoms. The summed E-state index contributed by atoms with van der Waals surface area (Å²) in [6.45, 7) is 6.99. The van der Waals surface area contributed by atoms with Crippen molar-refractivity contribution in [3.8, 4) is 0 Å². The molecule has 0 fully saturated rings. The Hall–Kier alpha value is -0.120. The summed E-state index contributed by atoms with van der Waals surface area (Å²) in [5.74, 6) is 0. The molecule has 0 amide bonds. The topological polar surface area (TPSA) is 43.7 Å². The monoisotopic (exact) mass is 540 g/mol. The lowest BCUT2D eigenvalue weighted by Gasteiger charge is -2.22. The Morgan fingerprint density at radius 1 is 0.289 bits per heavy atom. The van der Waals surface area contributed by atoms with Gasteiger partial charge in [-0.05, 0) is 51.7 Å². The number of rotatable bonds is 34. The quantitative estimate of drug-likeness (QED) is 0.0799. The van der Waals surface area contributed by atoms with E-state index in [1.165, 1.54) is 193 Å². The zero-order chi connectivity index (χ0) is 27.6. The van der Waals surface area contributed by atoms with Gasteiger partial charge in [0.05, 0.1) is 0 Å². The minimum atomic E-state index is 0.363. The van der Waals surface area contributed by atoms with E-state index in [1.807, 2.05) is 0 Å². The smallest absolute Gasteiger partial charge is 0.0431 e. The van der Waals surface area contributed by atoms with Gasteiger partial charge in [0.15, 0.2) is 0 Å². The Bertz CT molecular complexity index is 379. The van der Waals surface area contributed by atoms with Crippen LogP contribution in [0, 0.1) is 0 Å². The van der Waals surface area contributed by atoms with Crippen molar-refractivity contribution < 1.29 is 10.2 Å². The molecule has 0 saturated carbocycles. The second-order valence-electron chi connectivity index (χ2n) is 12.2. The fourth-order valence-corrected chi connectivity index (χ4v) is 5.70. The van der Waals surface area contributed by atoms with Crippen LogP contribution in [0.1, 0.15) is 193 Å². The average Bonchev–Trinajstić information content (AvgIpc) is 2.93. The Morgan fingerprint density at radius 2 is 0.500 bits per heavy atom. The fourth-order valence-electron chi connectivity index (χ4n) is 5.70. The lowest BCUT2D eigenvalue weighted by molar-refractivity contribution is 0.254. The molecule has 0 rings (SSSR count). The molecule has 0 aliphatic rings. The molecular formula is C35H73NO2. The van der Waals surface area contributed by atoms with Crippen molar-refractivity contribution >= 4 is 0 Å². The van der Waals surface area contributed by atoms with Gasteiger partial charge in [-0.2, -0.15) is 0 Å². The van der Waals surface area contributed by atoms with Gasteiger partial charge < -0.3 is 15.1 Å². The highest BCUT2D eigenvalue weighted by molar-refractivity contribution is 4.61. The van der Waals surface area contributed by atoms with Crippen LogP contribution in [0.4, 0.5) is 0 Å². The van der Waals surface area contributed by atoms with Crippen LogP contribution < -0.4 is 0 Å². The van der Waals surface area contributed by atoms with E-state index < -0.39 is 0 Å². The molecule has 0 aromatic carbocycles. The van der Waals surface area contributed by atoms with Gasteiger partial charge >= 0.3 is 0 Å². The summed E-state index contributed by atoms with van der Waals surface area (Å²) in [5.41, 5.74) is 0. The highest BCUT2D eigenvalue weighted by Gasteiger charge is 2.05. The van der Waals surface area contributed by atoms with E-state index >= 15 is 0 Å². The SMILES string of the molecule is CCCCCCCCCCCCCN(CCCCCCCCCCCO)CCCCCCCCCCCO. The molecule has 0 aromatic heterocycles. The van der Waals surface area contributed by atoms with Gasteiger partial charge in [-0.1, -0.05) is 161 Å². The molecule has 0 saturated heterocycles. The molecule has 0 atom stereocenters. The Labute approximate surface area is 240 Å². The Balaban J connectivity index is 3.87. The van der Waals surface area contributed by atoms with Crippen LogP contribution in [-0.4, -0.2) is 48.0 Å². The van der Waals surface area contributed by atoms with Gasteiger partial charge in [0, 0.05) is 13.2 Å². The molecule has 0 heterocycles. The van der Waals surface area contributed by atoms with Gasteiger partial charge in [-0.15, -0.1) is 0 Å². The molecule has 0 spiro atoms. The predicted octanol–water partition coefficient (Wildman–Crippen LogP) is 10.6. The minimum Gasteiger partial charge on any atom is -0.396 e. The van der Waals surface area contributed by atoms with Crippen LogP contribution in [0.3, 0.4) is 0 Å². The van der Waals surface area contributed by atoms with Crippen molar-refractivity contribution in [2.45, 2.75) is 193 Å². The molecule has 0 aliphatic heterocycles. The minimum absolute atomic E-state index is 0.363. The molecular weight excluding hydrogens is 466 g/mol. The first-order valence-corrected chi connectivity index (χ1v) is 17.8. The number of aliphatic hydroxyl groups excluding tert-OH is 2. The second-order valence-corrected chi connectivity index (χ2v) is 12.2. The van der Waals surface area contributed by atoms with Crippen LogP contribution in [-0.2, 0) is 0 Å². The second kappa shape index (κ2) is 34.9. The zero-order valence-electron chi connectivity index (χ0n) is 26.4. The molecule has 2 N–H and O–H groups in total. The van der Waals surface area contributed by atoms with Crippen molar-refractivity contribution in [3.05, 3.63) is 0 Å². The summed E-state index contributed by atoms with van der Waals surface area (Å²) in [7, 11) is 0. The van der Waals surface area contributed by atoms with E-state index in [1.54, 1.807) is 0 Å². The maximum atomic E-state index is 8.88. The fraction of sp³-hybridized carbons (Fsp3) is 1.00. The van der Waals surface area contributed by atoms with Crippen molar-refractivity contribution in [1.29, 1.82) is 0 Å². The highest BCUT2D eigenvalue weighted by Crippen LogP contribution is 2.14. The third-order valence-electron chi connectivity index (χ3n) is 8.34. The third kappa shape index (κ3) is 32.1. The molecule has 0 aliphatic carbocycles. The van der Waals surface area contributed by atoms with Gasteiger partial charge in [0.2, 0.25) is 0 Å². The molecule has 0 unspecified atom stereocenters. The summed E-state index contributed by atoms with van der Waals surface area (Å²) in [6.07, 6.45) is 39.4. The molecule has 0 aromatic rings. The number of hydrogen-bond donors (Lipinski definition) is 2. The van der Waals surface area contributed by atoms with E-state index in [4.69, 9.17) is 10.2 Å². The van der Waals surface area contributed by atoms with E-state index in [0.717, 1.165) is 12.8 Å². The van der Waals surface area contributed by atoms with Gasteiger partial charge in [0.25, 0.3) is 0 Å². The Morgan fingerprint density at radius 3 is 0.737 bits per heavy atom. The van der Waals surface area contributed by atoms with E-state index in [9.17, 15) is 0 Å². The van der Waals surface area contributed by atoms with Gasteiger partial charge in [-0.25, -0.2) is 0 Å². The number of unbranched alkanes of at least 4 members (excludes halogenated alkanes) is 26. The maximum absolute atomic E-state index is 8.88. The normalized spacial score (nSPS) is 11.7. The van der Waals surface area contributed by atoms with Crippen molar-refractivity contribution in [1.82, 2.24) is 4.90 Å². The first-order valence-electron chi connectivity index (χ1n) is 17.8. The summed E-state index contributed by atoms with van der Waals surface area (Å²) in [6, 6.07) is 0. The van der Waals surface area contributed by atoms with Crippen molar-refractivity contribution in [2.75, 3.05) is 32.8 Å². The largest absolute Gasteiger partial charge is 0.396 e. The van der Waals surface area contributed by atoms with Gasteiger partial charge in [-0.3, -0.25) is 0 Å². The van der Waals surface area contributed by atoms with Crippen LogP contribution >= 0.6 is 0 Å². The van der Waals surface area contributed by atoms with Gasteiger partial charge in [0.1, 0.15) is 0 Å². The zero-order valence-corrected chi connectivity index (χ0v) is 26.4. The van der Waals surface area contributed by atoms with Crippen LogP contribution in [0.5, 0.6) is 0 Å².